The Hall–Kier alpha value is -2.90. The van der Waals surface area contributed by atoms with Gasteiger partial charge < -0.3 is 20.1 Å². The van der Waals surface area contributed by atoms with Crippen LogP contribution in [0.2, 0.25) is 0 Å². The standard InChI is InChI=1S/C24H28N4O2S/c1-17-8-9-19(22(12-17)30-21-10-11-29-15-21)13-26-24(25-2)27-14-20-16-31-23(28-20)18-6-4-3-5-7-18/h3-9,12,16,21H,10-11,13-15H2,1-2H3,(H2,25,26,27). The van der Waals surface area contributed by atoms with E-state index in [4.69, 9.17) is 14.5 Å². The molecule has 0 aliphatic carbocycles. The molecule has 1 aliphatic rings. The second-order valence-corrected chi connectivity index (χ2v) is 8.36. The van der Waals surface area contributed by atoms with Gasteiger partial charge in [0.2, 0.25) is 0 Å². The number of hydrogen-bond donors (Lipinski definition) is 2. The third kappa shape index (κ3) is 5.83. The first-order chi connectivity index (χ1) is 15.2. The van der Waals surface area contributed by atoms with Gasteiger partial charge >= 0.3 is 0 Å². The van der Waals surface area contributed by atoms with Crippen LogP contribution >= 0.6 is 11.3 Å². The van der Waals surface area contributed by atoms with Crippen molar-refractivity contribution in [1.29, 1.82) is 0 Å². The fourth-order valence-corrected chi connectivity index (χ4v) is 4.20. The van der Waals surface area contributed by atoms with Crippen LogP contribution in [-0.2, 0) is 17.8 Å². The molecule has 0 saturated carbocycles. The van der Waals surface area contributed by atoms with E-state index in [2.05, 4.69) is 58.3 Å². The summed E-state index contributed by atoms with van der Waals surface area (Å²) in [6.45, 7) is 4.73. The van der Waals surface area contributed by atoms with E-state index in [-0.39, 0.29) is 6.10 Å². The number of thiazole rings is 1. The van der Waals surface area contributed by atoms with Crippen LogP contribution < -0.4 is 15.4 Å². The number of aromatic nitrogens is 1. The van der Waals surface area contributed by atoms with Gasteiger partial charge in [0, 0.05) is 36.5 Å². The average molecular weight is 437 g/mol. The van der Waals surface area contributed by atoms with Crippen molar-refractivity contribution in [3.8, 4) is 16.3 Å². The van der Waals surface area contributed by atoms with Gasteiger partial charge in [0.05, 0.1) is 25.5 Å². The summed E-state index contributed by atoms with van der Waals surface area (Å²) in [5, 5.41) is 9.84. The number of nitrogens with one attached hydrogen (secondary N) is 2. The van der Waals surface area contributed by atoms with E-state index in [0.717, 1.165) is 46.6 Å². The van der Waals surface area contributed by atoms with E-state index in [1.165, 1.54) is 5.56 Å². The molecule has 1 aromatic heterocycles. The zero-order valence-electron chi connectivity index (χ0n) is 17.9. The van der Waals surface area contributed by atoms with Crippen LogP contribution in [0.4, 0.5) is 0 Å². The van der Waals surface area contributed by atoms with Gasteiger partial charge in [-0.2, -0.15) is 0 Å². The summed E-state index contributed by atoms with van der Waals surface area (Å²) in [4.78, 5) is 9.07. The summed E-state index contributed by atoms with van der Waals surface area (Å²) >= 11 is 1.65. The van der Waals surface area contributed by atoms with Gasteiger partial charge in [-0.25, -0.2) is 4.98 Å². The van der Waals surface area contributed by atoms with Crippen LogP contribution in [-0.4, -0.2) is 37.3 Å². The van der Waals surface area contributed by atoms with E-state index in [1.54, 1.807) is 18.4 Å². The monoisotopic (exact) mass is 436 g/mol. The van der Waals surface area contributed by atoms with Crippen LogP contribution in [0.1, 0.15) is 23.2 Å². The van der Waals surface area contributed by atoms with Gasteiger partial charge in [0.15, 0.2) is 5.96 Å². The van der Waals surface area contributed by atoms with Gasteiger partial charge in [0.1, 0.15) is 16.9 Å². The first-order valence-corrected chi connectivity index (χ1v) is 11.4. The highest BCUT2D eigenvalue weighted by Crippen LogP contribution is 2.24. The molecular formula is C24H28N4O2S. The molecule has 31 heavy (non-hydrogen) atoms. The highest BCUT2D eigenvalue weighted by molar-refractivity contribution is 7.13. The Kier molecular flexibility index (Phi) is 7.17. The summed E-state index contributed by atoms with van der Waals surface area (Å²) in [7, 11) is 1.77. The van der Waals surface area contributed by atoms with E-state index >= 15 is 0 Å². The van der Waals surface area contributed by atoms with E-state index in [1.807, 2.05) is 18.2 Å². The summed E-state index contributed by atoms with van der Waals surface area (Å²) in [6, 6.07) is 16.5. The topological polar surface area (TPSA) is 67.8 Å². The Morgan fingerprint density at radius 2 is 2.03 bits per heavy atom. The number of rotatable bonds is 7. The summed E-state index contributed by atoms with van der Waals surface area (Å²) in [5.41, 5.74) is 4.41. The zero-order chi connectivity index (χ0) is 21.5. The van der Waals surface area contributed by atoms with Crippen molar-refractivity contribution in [2.24, 2.45) is 4.99 Å². The molecule has 0 spiro atoms. The minimum absolute atomic E-state index is 0.126. The number of aryl methyl sites for hydroxylation is 1. The average Bonchev–Trinajstić information content (AvgIpc) is 3.48. The molecule has 1 unspecified atom stereocenters. The predicted molar refractivity (Wildman–Crippen MR) is 126 cm³/mol. The molecular weight excluding hydrogens is 408 g/mol. The summed E-state index contributed by atoms with van der Waals surface area (Å²) in [6.07, 6.45) is 1.06. The second kappa shape index (κ2) is 10.4. The largest absolute Gasteiger partial charge is 0.488 e. The van der Waals surface area contributed by atoms with Crippen molar-refractivity contribution >= 4 is 17.3 Å². The third-order valence-electron chi connectivity index (χ3n) is 5.08. The molecule has 4 rings (SSSR count). The number of aliphatic imine (C=N–C) groups is 1. The van der Waals surface area contributed by atoms with E-state index < -0.39 is 0 Å². The first-order valence-electron chi connectivity index (χ1n) is 10.5. The maximum atomic E-state index is 6.19. The molecule has 1 aliphatic heterocycles. The SMILES string of the molecule is CN=C(NCc1csc(-c2ccccc2)n1)NCc1ccc(C)cc1OC1CCOC1. The molecule has 1 saturated heterocycles. The molecule has 0 bridgehead atoms. The van der Waals surface area contributed by atoms with Gasteiger partial charge in [-0.05, 0) is 18.6 Å². The molecule has 0 amide bonds. The smallest absolute Gasteiger partial charge is 0.191 e. The number of guanidine groups is 1. The molecule has 1 atom stereocenters. The second-order valence-electron chi connectivity index (χ2n) is 7.50. The van der Waals surface area contributed by atoms with Crippen molar-refractivity contribution < 1.29 is 9.47 Å². The van der Waals surface area contributed by atoms with Crippen molar-refractivity contribution in [2.45, 2.75) is 32.5 Å². The van der Waals surface area contributed by atoms with Crippen LogP contribution in [0.3, 0.4) is 0 Å². The van der Waals surface area contributed by atoms with Gasteiger partial charge in [-0.15, -0.1) is 11.3 Å². The molecule has 6 nitrogen and oxygen atoms in total. The van der Waals surface area contributed by atoms with Crippen molar-refractivity contribution in [2.75, 3.05) is 20.3 Å². The van der Waals surface area contributed by atoms with Gasteiger partial charge in [0.25, 0.3) is 0 Å². The maximum Gasteiger partial charge on any atom is 0.191 e. The Balaban J connectivity index is 1.33. The maximum absolute atomic E-state index is 6.19. The molecule has 2 heterocycles. The van der Waals surface area contributed by atoms with Crippen LogP contribution in [0.25, 0.3) is 10.6 Å². The quantitative estimate of drug-likeness (QED) is 0.430. The Bertz CT molecular complexity index is 1010. The molecule has 3 aromatic rings. The van der Waals surface area contributed by atoms with Gasteiger partial charge in [-0.1, -0.05) is 42.5 Å². The molecule has 7 heteroatoms. The lowest BCUT2D eigenvalue weighted by molar-refractivity contribution is 0.140. The Labute approximate surface area is 187 Å². The fourth-order valence-electron chi connectivity index (χ4n) is 3.38. The van der Waals surface area contributed by atoms with Crippen molar-refractivity contribution in [3.05, 3.63) is 70.7 Å². The normalized spacial score (nSPS) is 16.3. The minimum atomic E-state index is 0.126. The molecule has 1 fully saturated rings. The Morgan fingerprint density at radius 1 is 1.19 bits per heavy atom. The lowest BCUT2D eigenvalue weighted by Crippen LogP contribution is -2.36. The molecule has 0 radical (unpaired) electrons. The van der Waals surface area contributed by atoms with E-state index in [9.17, 15) is 0 Å². The zero-order valence-corrected chi connectivity index (χ0v) is 18.7. The third-order valence-corrected chi connectivity index (χ3v) is 6.02. The van der Waals surface area contributed by atoms with Crippen molar-refractivity contribution in [1.82, 2.24) is 15.6 Å². The number of hydrogen-bond acceptors (Lipinski definition) is 5. The Morgan fingerprint density at radius 3 is 2.81 bits per heavy atom. The number of nitrogens with zero attached hydrogens (tertiary/aromatic N) is 2. The minimum Gasteiger partial charge on any atom is -0.488 e. The highest BCUT2D eigenvalue weighted by Gasteiger charge is 2.18. The lowest BCUT2D eigenvalue weighted by atomic mass is 10.1. The molecule has 2 N–H and O–H groups in total. The first kappa shape index (κ1) is 21.3. The molecule has 2 aromatic carbocycles. The summed E-state index contributed by atoms with van der Waals surface area (Å²) < 4.78 is 11.6. The van der Waals surface area contributed by atoms with Crippen molar-refractivity contribution in [3.63, 3.8) is 0 Å². The van der Waals surface area contributed by atoms with Crippen LogP contribution in [0.5, 0.6) is 5.75 Å². The van der Waals surface area contributed by atoms with Crippen LogP contribution in [0, 0.1) is 6.92 Å². The number of benzene rings is 2. The van der Waals surface area contributed by atoms with Gasteiger partial charge in [-0.3, -0.25) is 4.99 Å². The van der Waals surface area contributed by atoms with Crippen LogP contribution in [0.15, 0.2) is 58.9 Å². The predicted octanol–water partition coefficient (Wildman–Crippen LogP) is 4.15. The fraction of sp³-hybridized carbons (Fsp3) is 0.333. The number of ether oxygens (including phenoxy) is 2. The lowest BCUT2D eigenvalue weighted by Gasteiger charge is -2.18. The molecule has 162 valence electrons. The highest BCUT2D eigenvalue weighted by atomic mass is 32.1. The van der Waals surface area contributed by atoms with E-state index in [0.29, 0.717) is 19.7 Å². The summed E-state index contributed by atoms with van der Waals surface area (Å²) in [5.74, 6) is 1.63.